The highest BCUT2D eigenvalue weighted by Gasteiger charge is 2.27. The molecule has 0 fully saturated rings. The first kappa shape index (κ1) is 15.3. The van der Waals surface area contributed by atoms with Crippen molar-refractivity contribution in [2.45, 2.75) is 18.9 Å². The highest BCUT2D eigenvalue weighted by Crippen LogP contribution is 2.41. The van der Waals surface area contributed by atoms with Gasteiger partial charge in [-0.2, -0.15) is 0 Å². The molecule has 18 heavy (non-hydrogen) atoms. The van der Waals surface area contributed by atoms with Crippen molar-refractivity contribution in [2.24, 2.45) is 5.73 Å². The van der Waals surface area contributed by atoms with Gasteiger partial charge in [-0.3, -0.25) is 0 Å². The maximum absolute atomic E-state index is 6.34. The number of hydrogen-bond donors (Lipinski definition) is 1. The Labute approximate surface area is 117 Å². The third kappa shape index (κ3) is 3.16. The predicted molar refractivity (Wildman–Crippen MR) is 75.3 cm³/mol. The molecule has 2 N–H and O–H groups in total. The number of hydrogen-bond acceptors (Lipinski definition) is 4. The minimum atomic E-state index is -0.518. The Bertz CT molecular complexity index is 407. The van der Waals surface area contributed by atoms with Crippen LogP contribution in [0.1, 0.15) is 18.9 Å². The summed E-state index contributed by atoms with van der Waals surface area (Å²) in [7, 11) is 4.90. The summed E-state index contributed by atoms with van der Waals surface area (Å²) in [6, 6.07) is 3.80. The van der Waals surface area contributed by atoms with Crippen molar-refractivity contribution in [1.82, 2.24) is 0 Å². The van der Waals surface area contributed by atoms with Crippen LogP contribution in [0.25, 0.3) is 0 Å². The van der Waals surface area contributed by atoms with Crippen molar-refractivity contribution >= 4 is 15.9 Å². The zero-order valence-electron chi connectivity index (χ0n) is 11.2. The van der Waals surface area contributed by atoms with Crippen LogP contribution in [0, 0.1) is 0 Å². The quantitative estimate of drug-likeness (QED) is 0.876. The molecule has 0 bridgehead atoms. The van der Waals surface area contributed by atoms with Gasteiger partial charge in [0.25, 0.3) is 0 Å². The molecule has 0 saturated carbocycles. The molecule has 0 radical (unpaired) electrons. The number of nitrogens with two attached hydrogens (primary N) is 1. The Kier molecular flexibility index (Phi) is 5.44. The Hall–Kier alpha value is -0.780. The highest BCUT2D eigenvalue weighted by atomic mass is 79.9. The Balaban J connectivity index is 3.19. The first-order valence-corrected chi connectivity index (χ1v) is 6.46. The maximum Gasteiger partial charge on any atom is 0.141 e. The van der Waals surface area contributed by atoms with Gasteiger partial charge in [-0.05, 0) is 41.4 Å². The van der Waals surface area contributed by atoms with E-state index in [2.05, 4.69) is 15.9 Å². The van der Waals surface area contributed by atoms with Crippen LogP contribution in [0.5, 0.6) is 11.5 Å². The van der Waals surface area contributed by atoms with Crippen LogP contribution in [0.4, 0.5) is 0 Å². The highest BCUT2D eigenvalue weighted by molar-refractivity contribution is 9.10. The SMILES string of the molecule is COCCC(C)(N)c1ccc(OC)c(Br)c1OC. The lowest BCUT2D eigenvalue weighted by atomic mass is 9.89. The van der Waals surface area contributed by atoms with Crippen molar-refractivity contribution < 1.29 is 14.2 Å². The second-order valence-corrected chi connectivity index (χ2v) is 5.12. The number of methoxy groups -OCH3 is 3. The summed E-state index contributed by atoms with van der Waals surface area (Å²) in [5.41, 5.74) is 6.75. The Morgan fingerprint density at radius 2 is 1.89 bits per heavy atom. The van der Waals surface area contributed by atoms with Crippen LogP contribution in [0.2, 0.25) is 0 Å². The standard InChI is InChI=1S/C13H20BrNO3/c1-13(15,7-8-16-2)9-5-6-10(17-3)11(14)12(9)18-4/h5-6H,7-8,15H2,1-4H3. The lowest BCUT2D eigenvalue weighted by Crippen LogP contribution is -2.34. The summed E-state index contributed by atoms with van der Waals surface area (Å²) in [5.74, 6) is 1.42. The molecule has 0 aliphatic rings. The second-order valence-electron chi connectivity index (χ2n) is 4.32. The lowest BCUT2D eigenvalue weighted by molar-refractivity contribution is 0.171. The Morgan fingerprint density at radius 3 is 2.39 bits per heavy atom. The summed E-state index contributed by atoms with van der Waals surface area (Å²) < 4.78 is 16.5. The average Bonchev–Trinajstić information content (AvgIpc) is 2.36. The van der Waals surface area contributed by atoms with E-state index in [-0.39, 0.29) is 0 Å². The van der Waals surface area contributed by atoms with Gasteiger partial charge in [-0.15, -0.1) is 0 Å². The molecular formula is C13H20BrNO3. The van der Waals surface area contributed by atoms with Crippen molar-refractivity contribution in [3.8, 4) is 11.5 Å². The third-order valence-electron chi connectivity index (χ3n) is 2.93. The lowest BCUT2D eigenvalue weighted by Gasteiger charge is -2.27. The molecule has 0 heterocycles. The van der Waals surface area contributed by atoms with E-state index in [4.69, 9.17) is 19.9 Å². The molecule has 1 unspecified atom stereocenters. The van der Waals surface area contributed by atoms with Gasteiger partial charge in [0, 0.05) is 24.8 Å². The summed E-state index contributed by atoms with van der Waals surface area (Å²) >= 11 is 3.48. The molecule has 1 rings (SSSR count). The summed E-state index contributed by atoms with van der Waals surface area (Å²) in [4.78, 5) is 0. The van der Waals surface area contributed by atoms with Crippen LogP contribution in [0.15, 0.2) is 16.6 Å². The van der Waals surface area contributed by atoms with E-state index in [9.17, 15) is 0 Å². The predicted octanol–water partition coefficient (Wildman–Crippen LogP) is 2.68. The molecular weight excluding hydrogens is 298 g/mol. The largest absolute Gasteiger partial charge is 0.495 e. The van der Waals surface area contributed by atoms with Gasteiger partial charge < -0.3 is 19.9 Å². The van der Waals surface area contributed by atoms with Crippen LogP contribution in [-0.2, 0) is 10.3 Å². The van der Waals surface area contributed by atoms with Crippen LogP contribution >= 0.6 is 15.9 Å². The molecule has 4 nitrogen and oxygen atoms in total. The fourth-order valence-corrected chi connectivity index (χ4v) is 2.46. The minimum absolute atomic E-state index is 0.518. The van der Waals surface area contributed by atoms with E-state index >= 15 is 0 Å². The van der Waals surface area contributed by atoms with Crippen molar-refractivity contribution in [1.29, 1.82) is 0 Å². The molecule has 1 atom stereocenters. The fraction of sp³-hybridized carbons (Fsp3) is 0.538. The Morgan fingerprint density at radius 1 is 1.22 bits per heavy atom. The normalized spacial score (nSPS) is 14.1. The molecule has 5 heteroatoms. The number of rotatable bonds is 6. The van der Waals surface area contributed by atoms with Gasteiger partial charge in [0.2, 0.25) is 0 Å². The van der Waals surface area contributed by atoms with E-state index in [1.165, 1.54) is 0 Å². The topological polar surface area (TPSA) is 53.7 Å². The van der Waals surface area contributed by atoms with E-state index in [0.29, 0.717) is 18.8 Å². The summed E-state index contributed by atoms with van der Waals surface area (Å²) in [6.45, 7) is 2.56. The van der Waals surface area contributed by atoms with Gasteiger partial charge in [-0.1, -0.05) is 0 Å². The molecule has 1 aromatic carbocycles. The summed E-state index contributed by atoms with van der Waals surface area (Å²) in [6.07, 6.45) is 0.707. The number of ether oxygens (including phenoxy) is 3. The smallest absolute Gasteiger partial charge is 0.141 e. The molecule has 102 valence electrons. The first-order valence-electron chi connectivity index (χ1n) is 5.66. The third-order valence-corrected chi connectivity index (χ3v) is 3.68. The molecule has 0 aliphatic carbocycles. The monoisotopic (exact) mass is 317 g/mol. The molecule has 1 aromatic rings. The van der Waals surface area contributed by atoms with Gasteiger partial charge in [0.1, 0.15) is 16.0 Å². The van der Waals surface area contributed by atoms with Crippen molar-refractivity contribution in [3.05, 3.63) is 22.2 Å². The van der Waals surface area contributed by atoms with Crippen LogP contribution in [0.3, 0.4) is 0 Å². The van der Waals surface area contributed by atoms with Gasteiger partial charge in [0.15, 0.2) is 0 Å². The zero-order chi connectivity index (χ0) is 13.8. The first-order chi connectivity index (χ1) is 8.47. The zero-order valence-corrected chi connectivity index (χ0v) is 12.8. The fourth-order valence-electron chi connectivity index (χ4n) is 1.79. The van der Waals surface area contributed by atoms with Gasteiger partial charge >= 0.3 is 0 Å². The maximum atomic E-state index is 6.34. The van der Waals surface area contributed by atoms with E-state index in [0.717, 1.165) is 15.8 Å². The van der Waals surface area contributed by atoms with Crippen LogP contribution < -0.4 is 15.2 Å². The average molecular weight is 318 g/mol. The molecule has 0 aliphatic heterocycles. The number of halogens is 1. The van der Waals surface area contributed by atoms with E-state index in [1.807, 2.05) is 19.1 Å². The number of benzene rings is 1. The molecule has 0 spiro atoms. The molecule has 0 saturated heterocycles. The second kappa shape index (κ2) is 6.41. The summed E-state index contributed by atoms with van der Waals surface area (Å²) in [5, 5.41) is 0. The molecule has 0 amide bonds. The molecule has 0 aromatic heterocycles. The van der Waals surface area contributed by atoms with Crippen LogP contribution in [-0.4, -0.2) is 27.9 Å². The van der Waals surface area contributed by atoms with E-state index in [1.54, 1.807) is 21.3 Å². The minimum Gasteiger partial charge on any atom is -0.495 e. The van der Waals surface area contributed by atoms with Gasteiger partial charge in [0.05, 0.1) is 14.2 Å². The van der Waals surface area contributed by atoms with Crippen molar-refractivity contribution in [2.75, 3.05) is 27.9 Å². The van der Waals surface area contributed by atoms with Gasteiger partial charge in [-0.25, -0.2) is 0 Å². The van der Waals surface area contributed by atoms with Crippen molar-refractivity contribution in [3.63, 3.8) is 0 Å². The van der Waals surface area contributed by atoms with E-state index < -0.39 is 5.54 Å².